The number of ether oxygens (including phenoxy) is 1. The summed E-state index contributed by atoms with van der Waals surface area (Å²) in [7, 11) is 2.08. The molecular weight excluding hydrogens is 433 g/mol. The van der Waals surface area contributed by atoms with Gasteiger partial charge in [-0.3, -0.25) is 9.69 Å². The Morgan fingerprint density at radius 1 is 1.25 bits per heavy atom. The molecule has 176 valence electrons. The Bertz CT molecular complexity index is 869. The highest BCUT2D eigenvalue weighted by Crippen LogP contribution is 2.32. The number of carbonyl (C=O) groups excluding carboxylic acids is 1. The second kappa shape index (κ2) is 10.2. The average molecular weight is 458 g/mol. The highest BCUT2D eigenvalue weighted by Gasteiger charge is 2.42. The zero-order valence-electron chi connectivity index (χ0n) is 17.5. The molecule has 4 rings (SSSR count). The van der Waals surface area contributed by atoms with Gasteiger partial charge in [0.15, 0.2) is 0 Å². The first-order valence-corrected chi connectivity index (χ1v) is 10.1. The van der Waals surface area contributed by atoms with E-state index >= 15 is 0 Å². The summed E-state index contributed by atoms with van der Waals surface area (Å²) < 4.78 is 48.4. The standard InChI is InChI=1S/C19H24N2O4.C2HF3O2/c1-20(11-16-5-3-7-24-16)17-12-21(19(22)15-6-9-23-13-15)10-14-4-2-8-25-18(14)17;3-2(4,5)1(6)7/h3,5-7,9,13-14,17-18H,2,4,8,10-12H2,1H3;(H,6,7)/t14-,17+,18-;/m0./s1. The summed E-state index contributed by atoms with van der Waals surface area (Å²) in [5.74, 6) is -1.42. The number of alkyl halides is 3. The first-order valence-electron chi connectivity index (χ1n) is 10.1. The van der Waals surface area contributed by atoms with Gasteiger partial charge in [-0.25, -0.2) is 4.79 Å². The predicted octanol–water partition coefficient (Wildman–Crippen LogP) is 3.26. The number of carbonyl (C=O) groups is 2. The lowest BCUT2D eigenvalue weighted by atomic mass is 9.84. The molecule has 8 nitrogen and oxygen atoms in total. The van der Waals surface area contributed by atoms with Gasteiger partial charge in [-0.1, -0.05) is 0 Å². The van der Waals surface area contributed by atoms with Crippen LogP contribution in [0.2, 0.25) is 0 Å². The van der Waals surface area contributed by atoms with Crippen LogP contribution in [-0.4, -0.2) is 71.8 Å². The molecule has 0 saturated carbocycles. The fourth-order valence-electron chi connectivity index (χ4n) is 4.06. The summed E-state index contributed by atoms with van der Waals surface area (Å²) in [6.07, 6.45) is 2.01. The van der Waals surface area contributed by atoms with Gasteiger partial charge < -0.3 is 23.6 Å². The van der Waals surface area contributed by atoms with Crippen molar-refractivity contribution in [3.05, 3.63) is 48.3 Å². The van der Waals surface area contributed by atoms with E-state index in [4.69, 9.17) is 23.5 Å². The van der Waals surface area contributed by atoms with Crippen LogP contribution in [0.3, 0.4) is 0 Å². The van der Waals surface area contributed by atoms with E-state index in [9.17, 15) is 18.0 Å². The van der Waals surface area contributed by atoms with E-state index in [2.05, 4.69) is 11.9 Å². The molecule has 2 aromatic heterocycles. The summed E-state index contributed by atoms with van der Waals surface area (Å²) in [6, 6.07) is 5.76. The molecule has 3 atom stereocenters. The number of aliphatic carboxylic acids is 1. The Morgan fingerprint density at radius 2 is 2.00 bits per heavy atom. The van der Waals surface area contributed by atoms with Gasteiger partial charge in [0.2, 0.25) is 0 Å². The molecule has 0 spiro atoms. The highest BCUT2D eigenvalue weighted by molar-refractivity contribution is 5.94. The molecule has 11 heteroatoms. The number of hydrogen-bond acceptors (Lipinski definition) is 6. The first kappa shape index (κ1) is 23.9. The number of fused-ring (bicyclic) bond motifs is 1. The maximum atomic E-state index is 12.8. The third-order valence-electron chi connectivity index (χ3n) is 5.59. The van der Waals surface area contributed by atoms with Crippen LogP contribution in [0, 0.1) is 5.92 Å². The normalized spacial score (nSPS) is 23.3. The number of halogens is 3. The number of likely N-dealkylation sites (tertiary alicyclic amines) is 1. The smallest absolute Gasteiger partial charge is 0.475 e. The topological polar surface area (TPSA) is 96.4 Å². The third-order valence-corrected chi connectivity index (χ3v) is 5.59. The second-order valence-electron chi connectivity index (χ2n) is 7.82. The quantitative estimate of drug-likeness (QED) is 0.751. The average Bonchev–Trinajstić information content (AvgIpc) is 3.46. The van der Waals surface area contributed by atoms with Crippen molar-refractivity contribution in [1.29, 1.82) is 0 Å². The Morgan fingerprint density at radius 3 is 2.59 bits per heavy atom. The van der Waals surface area contributed by atoms with Crippen LogP contribution in [0.15, 0.2) is 45.8 Å². The zero-order chi connectivity index (χ0) is 23.3. The van der Waals surface area contributed by atoms with Crippen LogP contribution in [0.4, 0.5) is 13.2 Å². The van der Waals surface area contributed by atoms with Crippen molar-refractivity contribution in [2.45, 2.75) is 37.7 Å². The second-order valence-corrected chi connectivity index (χ2v) is 7.82. The summed E-state index contributed by atoms with van der Waals surface area (Å²) >= 11 is 0. The van der Waals surface area contributed by atoms with Crippen molar-refractivity contribution in [3.8, 4) is 0 Å². The highest BCUT2D eigenvalue weighted by atomic mass is 19.4. The van der Waals surface area contributed by atoms with Gasteiger partial charge in [-0.2, -0.15) is 13.2 Å². The van der Waals surface area contributed by atoms with Crippen LogP contribution >= 0.6 is 0 Å². The molecule has 4 heterocycles. The van der Waals surface area contributed by atoms with Gasteiger partial charge in [0, 0.05) is 25.6 Å². The van der Waals surface area contributed by atoms with Crippen LogP contribution in [0.1, 0.15) is 29.0 Å². The van der Waals surface area contributed by atoms with Crippen LogP contribution in [-0.2, 0) is 16.1 Å². The zero-order valence-corrected chi connectivity index (χ0v) is 17.5. The molecule has 2 saturated heterocycles. The minimum Gasteiger partial charge on any atom is -0.475 e. The molecule has 0 bridgehead atoms. The van der Waals surface area contributed by atoms with Crippen LogP contribution < -0.4 is 0 Å². The minimum absolute atomic E-state index is 0.0363. The molecule has 1 amide bonds. The van der Waals surface area contributed by atoms with Gasteiger partial charge in [-0.05, 0) is 38.1 Å². The summed E-state index contributed by atoms with van der Waals surface area (Å²) in [5.41, 5.74) is 0.614. The van der Waals surface area contributed by atoms with Crippen LogP contribution in [0.5, 0.6) is 0 Å². The van der Waals surface area contributed by atoms with Gasteiger partial charge in [-0.15, -0.1) is 0 Å². The molecule has 0 aromatic carbocycles. The number of piperidine rings is 1. The fourth-order valence-corrected chi connectivity index (χ4v) is 4.06. The van der Waals surface area contributed by atoms with Gasteiger partial charge in [0.25, 0.3) is 5.91 Å². The lowest BCUT2D eigenvalue weighted by Gasteiger charge is -2.48. The van der Waals surface area contributed by atoms with Gasteiger partial charge >= 0.3 is 12.1 Å². The molecule has 0 unspecified atom stereocenters. The van der Waals surface area contributed by atoms with E-state index in [0.29, 0.717) is 24.6 Å². The summed E-state index contributed by atoms with van der Waals surface area (Å²) in [5, 5.41) is 7.12. The lowest BCUT2D eigenvalue weighted by Crippen LogP contribution is -2.61. The number of likely N-dealkylation sites (N-methyl/N-ethyl adjacent to an activating group) is 1. The fraction of sp³-hybridized carbons (Fsp3) is 0.524. The predicted molar refractivity (Wildman–Crippen MR) is 105 cm³/mol. The lowest BCUT2D eigenvalue weighted by molar-refractivity contribution is -0.192. The molecule has 2 aromatic rings. The number of amides is 1. The number of hydrogen-bond donors (Lipinski definition) is 1. The van der Waals surface area contributed by atoms with Crippen molar-refractivity contribution >= 4 is 11.9 Å². The van der Waals surface area contributed by atoms with Crippen molar-refractivity contribution in [3.63, 3.8) is 0 Å². The van der Waals surface area contributed by atoms with E-state index in [0.717, 1.165) is 31.8 Å². The Labute approximate surface area is 182 Å². The Hall–Kier alpha value is -2.79. The third kappa shape index (κ3) is 5.92. The molecule has 0 radical (unpaired) electrons. The van der Waals surface area contributed by atoms with Crippen LogP contribution in [0.25, 0.3) is 0 Å². The minimum atomic E-state index is -5.08. The van der Waals surface area contributed by atoms with E-state index in [1.807, 2.05) is 17.0 Å². The Balaban J connectivity index is 0.000000360. The molecule has 2 aliphatic heterocycles. The van der Waals surface area contributed by atoms with Gasteiger partial charge in [0.05, 0.1) is 36.8 Å². The number of nitrogens with zero attached hydrogens (tertiary/aromatic N) is 2. The monoisotopic (exact) mass is 458 g/mol. The molecule has 2 aliphatic rings. The van der Waals surface area contributed by atoms with E-state index in [1.54, 1.807) is 18.6 Å². The van der Waals surface area contributed by atoms with Crippen molar-refractivity contribution < 1.29 is 41.4 Å². The Kier molecular flexibility index (Phi) is 7.62. The number of rotatable bonds is 4. The number of carboxylic acids is 1. The van der Waals surface area contributed by atoms with E-state index in [-0.39, 0.29) is 18.1 Å². The summed E-state index contributed by atoms with van der Waals surface area (Å²) in [4.78, 5) is 25.9. The first-order chi connectivity index (χ1) is 15.2. The molecule has 1 N–H and O–H groups in total. The molecule has 32 heavy (non-hydrogen) atoms. The maximum Gasteiger partial charge on any atom is 0.490 e. The van der Waals surface area contributed by atoms with Crippen molar-refractivity contribution in [2.24, 2.45) is 5.92 Å². The van der Waals surface area contributed by atoms with Crippen molar-refractivity contribution in [1.82, 2.24) is 9.80 Å². The molecule has 0 aliphatic carbocycles. The largest absolute Gasteiger partial charge is 0.490 e. The number of furan rings is 2. The van der Waals surface area contributed by atoms with E-state index < -0.39 is 12.1 Å². The maximum absolute atomic E-state index is 12.8. The SMILES string of the molecule is CN(Cc1ccco1)[C@@H]1CN(C(=O)c2ccoc2)C[C@@H]2CCCO[C@@H]21.O=C(O)C(F)(F)F. The van der Waals surface area contributed by atoms with Crippen molar-refractivity contribution in [2.75, 3.05) is 26.7 Å². The van der Waals surface area contributed by atoms with Gasteiger partial charge in [0.1, 0.15) is 12.0 Å². The molecular formula is C21H25F3N2O6. The van der Waals surface area contributed by atoms with E-state index in [1.165, 1.54) is 6.26 Å². The molecule has 2 fully saturated rings. The number of carboxylic acid groups (broad SMARTS) is 1. The summed E-state index contributed by atoms with van der Waals surface area (Å²) in [6.45, 7) is 2.92.